The van der Waals surface area contributed by atoms with Gasteiger partial charge in [-0.05, 0) is 44.7 Å². The van der Waals surface area contributed by atoms with Crippen molar-refractivity contribution in [2.45, 2.75) is 25.7 Å². The van der Waals surface area contributed by atoms with Gasteiger partial charge in [0.15, 0.2) is 0 Å². The number of carbonyl (C=O) groups excluding carboxylic acids is 1. The molecule has 4 heteroatoms. The van der Waals surface area contributed by atoms with E-state index in [9.17, 15) is 4.79 Å². The smallest absolute Gasteiger partial charge is 0.237 e. The number of rotatable bonds is 3. The summed E-state index contributed by atoms with van der Waals surface area (Å²) in [4.78, 5) is 15.9. The van der Waals surface area contributed by atoms with Crippen LogP contribution in [0.15, 0.2) is 0 Å². The minimum Gasteiger partial charge on any atom is -0.342 e. The normalized spacial score (nSPS) is 23.9. The van der Waals surface area contributed by atoms with Crippen LogP contribution in [-0.2, 0) is 4.79 Å². The average Bonchev–Trinajstić information content (AvgIpc) is 2.82. The number of alkyl halides is 1. The molecule has 0 aromatic heterocycles. The Bertz CT molecular complexity index is 233. The molecule has 0 aromatic carbocycles. The third kappa shape index (κ3) is 3.11. The first kappa shape index (κ1) is 12.2. The van der Waals surface area contributed by atoms with Crippen LogP contribution >= 0.6 is 11.6 Å². The molecule has 0 spiro atoms. The van der Waals surface area contributed by atoms with Crippen LogP contribution in [0.2, 0.25) is 0 Å². The van der Waals surface area contributed by atoms with Gasteiger partial charge in [0.2, 0.25) is 5.91 Å². The molecule has 2 rings (SSSR count). The van der Waals surface area contributed by atoms with Gasteiger partial charge in [0.25, 0.3) is 0 Å². The highest BCUT2D eigenvalue weighted by Gasteiger charge is 2.24. The van der Waals surface area contributed by atoms with Crippen molar-refractivity contribution >= 4 is 17.5 Å². The van der Waals surface area contributed by atoms with E-state index in [1.54, 1.807) is 0 Å². The molecule has 0 radical (unpaired) electrons. The quantitative estimate of drug-likeness (QED) is 0.704. The molecule has 92 valence electrons. The number of carbonyl (C=O) groups is 1. The molecule has 0 N–H and O–H groups in total. The summed E-state index contributed by atoms with van der Waals surface area (Å²) in [7, 11) is 0. The molecule has 0 aromatic rings. The molecular formula is C12H21ClN2O. The second-order valence-electron chi connectivity index (χ2n) is 4.97. The Labute approximate surface area is 103 Å². The van der Waals surface area contributed by atoms with Gasteiger partial charge in [0.05, 0.1) is 0 Å². The molecule has 0 unspecified atom stereocenters. The average molecular weight is 245 g/mol. The van der Waals surface area contributed by atoms with Crippen molar-refractivity contribution in [1.29, 1.82) is 0 Å². The van der Waals surface area contributed by atoms with E-state index in [4.69, 9.17) is 11.6 Å². The summed E-state index contributed by atoms with van der Waals surface area (Å²) in [5.74, 6) is 1.02. The molecule has 2 saturated heterocycles. The number of likely N-dealkylation sites (tertiary alicyclic amines) is 2. The lowest BCUT2D eigenvalue weighted by Crippen LogP contribution is -2.41. The van der Waals surface area contributed by atoms with Gasteiger partial charge in [-0.1, -0.05) is 0 Å². The predicted molar refractivity (Wildman–Crippen MR) is 65.7 cm³/mol. The van der Waals surface area contributed by atoms with Crippen LogP contribution in [0.3, 0.4) is 0 Å². The molecule has 1 amide bonds. The van der Waals surface area contributed by atoms with Crippen LogP contribution in [-0.4, -0.2) is 54.3 Å². The third-order valence-corrected chi connectivity index (χ3v) is 4.03. The molecule has 2 aliphatic heterocycles. The number of halogens is 1. The molecule has 16 heavy (non-hydrogen) atoms. The van der Waals surface area contributed by atoms with Gasteiger partial charge in [-0.25, -0.2) is 0 Å². The van der Waals surface area contributed by atoms with Crippen molar-refractivity contribution in [2.75, 3.05) is 38.6 Å². The van der Waals surface area contributed by atoms with Crippen molar-refractivity contribution in [1.82, 2.24) is 9.80 Å². The molecule has 2 heterocycles. The fraction of sp³-hybridized carbons (Fsp3) is 0.917. The highest BCUT2D eigenvalue weighted by atomic mass is 35.5. The lowest BCUT2D eigenvalue weighted by molar-refractivity contribution is -0.129. The van der Waals surface area contributed by atoms with Gasteiger partial charge in [-0.2, -0.15) is 0 Å². The van der Waals surface area contributed by atoms with E-state index in [0.29, 0.717) is 0 Å². The second kappa shape index (κ2) is 5.87. The zero-order valence-corrected chi connectivity index (χ0v) is 10.6. The minimum atomic E-state index is 0.0984. The first-order valence-electron chi connectivity index (χ1n) is 6.35. The summed E-state index contributed by atoms with van der Waals surface area (Å²) in [6, 6.07) is 0. The van der Waals surface area contributed by atoms with Gasteiger partial charge in [-0.3, -0.25) is 4.79 Å². The zero-order chi connectivity index (χ0) is 11.4. The van der Waals surface area contributed by atoms with Gasteiger partial charge >= 0.3 is 0 Å². The van der Waals surface area contributed by atoms with Crippen molar-refractivity contribution in [3.8, 4) is 0 Å². The van der Waals surface area contributed by atoms with Gasteiger partial charge in [0.1, 0.15) is 5.88 Å². The largest absolute Gasteiger partial charge is 0.342 e. The molecule has 0 aliphatic carbocycles. The summed E-state index contributed by atoms with van der Waals surface area (Å²) in [5.41, 5.74) is 0. The van der Waals surface area contributed by atoms with Gasteiger partial charge < -0.3 is 9.80 Å². The monoisotopic (exact) mass is 244 g/mol. The maximum absolute atomic E-state index is 11.4. The van der Waals surface area contributed by atoms with Crippen LogP contribution in [0.4, 0.5) is 0 Å². The van der Waals surface area contributed by atoms with Crippen LogP contribution in [0.25, 0.3) is 0 Å². The van der Waals surface area contributed by atoms with Crippen molar-refractivity contribution < 1.29 is 4.79 Å². The Hall–Kier alpha value is -0.280. The van der Waals surface area contributed by atoms with Gasteiger partial charge in [0, 0.05) is 19.6 Å². The van der Waals surface area contributed by atoms with E-state index in [1.165, 1.54) is 32.5 Å². The number of hydrogen-bond donors (Lipinski definition) is 0. The highest BCUT2D eigenvalue weighted by Crippen LogP contribution is 2.20. The van der Waals surface area contributed by atoms with Gasteiger partial charge in [-0.15, -0.1) is 11.6 Å². The topological polar surface area (TPSA) is 23.6 Å². The fourth-order valence-corrected chi connectivity index (χ4v) is 2.95. The summed E-state index contributed by atoms with van der Waals surface area (Å²) in [6.45, 7) is 5.61. The number of piperidine rings is 1. The van der Waals surface area contributed by atoms with Crippen molar-refractivity contribution in [3.63, 3.8) is 0 Å². The van der Waals surface area contributed by atoms with Crippen LogP contribution in [0, 0.1) is 5.92 Å². The number of hydrogen-bond acceptors (Lipinski definition) is 2. The Morgan fingerprint density at radius 1 is 1.12 bits per heavy atom. The first-order chi connectivity index (χ1) is 7.79. The predicted octanol–water partition coefficient (Wildman–Crippen LogP) is 1.56. The number of nitrogens with zero attached hydrogens (tertiary/aromatic N) is 2. The standard InChI is InChI=1S/C12H21ClN2O/c13-9-12(16)15-7-3-11(4-8-15)10-14-5-1-2-6-14/h11H,1-10H2. The molecule has 0 saturated carbocycles. The molecule has 0 bridgehead atoms. The molecule has 2 fully saturated rings. The maximum Gasteiger partial charge on any atom is 0.237 e. The first-order valence-corrected chi connectivity index (χ1v) is 6.89. The van der Waals surface area contributed by atoms with E-state index in [2.05, 4.69) is 4.90 Å². The lowest BCUT2D eigenvalue weighted by atomic mass is 9.96. The van der Waals surface area contributed by atoms with Crippen LogP contribution in [0.1, 0.15) is 25.7 Å². The van der Waals surface area contributed by atoms with E-state index >= 15 is 0 Å². The SMILES string of the molecule is O=C(CCl)N1CCC(CN2CCCC2)CC1. The zero-order valence-electron chi connectivity index (χ0n) is 9.83. The Morgan fingerprint density at radius 3 is 2.31 bits per heavy atom. The van der Waals surface area contributed by atoms with E-state index < -0.39 is 0 Å². The van der Waals surface area contributed by atoms with Crippen LogP contribution < -0.4 is 0 Å². The highest BCUT2D eigenvalue weighted by molar-refractivity contribution is 6.27. The summed E-state index contributed by atoms with van der Waals surface area (Å²) in [6.07, 6.45) is 5.03. The summed E-state index contributed by atoms with van der Waals surface area (Å²) in [5, 5.41) is 0. The van der Waals surface area contributed by atoms with Crippen LogP contribution in [0.5, 0.6) is 0 Å². The van der Waals surface area contributed by atoms with Crippen molar-refractivity contribution in [3.05, 3.63) is 0 Å². The summed E-state index contributed by atoms with van der Waals surface area (Å²) >= 11 is 5.56. The maximum atomic E-state index is 11.4. The molecular weight excluding hydrogens is 224 g/mol. The third-order valence-electron chi connectivity index (χ3n) is 3.80. The number of amides is 1. The fourth-order valence-electron chi connectivity index (χ4n) is 2.78. The molecule has 2 aliphatic rings. The second-order valence-corrected chi connectivity index (χ2v) is 5.23. The van der Waals surface area contributed by atoms with Crippen molar-refractivity contribution in [2.24, 2.45) is 5.92 Å². The Morgan fingerprint density at radius 2 is 1.75 bits per heavy atom. The Kier molecular flexibility index (Phi) is 4.47. The van der Waals surface area contributed by atoms with E-state index in [0.717, 1.165) is 31.8 Å². The van der Waals surface area contributed by atoms with E-state index in [1.807, 2.05) is 4.90 Å². The van der Waals surface area contributed by atoms with E-state index in [-0.39, 0.29) is 11.8 Å². The molecule has 3 nitrogen and oxygen atoms in total. The minimum absolute atomic E-state index is 0.0984. The molecule has 0 atom stereocenters. The summed E-state index contributed by atoms with van der Waals surface area (Å²) < 4.78 is 0. The lowest BCUT2D eigenvalue weighted by Gasteiger charge is -2.33. The Balaban J connectivity index is 1.70.